The topological polar surface area (TPSA) is 119 Å². The summed E-state index contributed by atoms with van der Waals surface area (Å²) in [5.41, 5.74) is -1.01. The van der Waals surface area contributed by atoms with E-state index in [2.05, 4.69) is 0 Å². The fourth-order valence-electron chi connectivity index (χ4n) is 6.00. The van der Waals surface area contributed by atoms with Crippen LogP contribution in [-0.2, 0) is 29.9 Å². The molecular weight excluding hydrogens is 532 g/mol. The third-order valence-electron chi connectivity index (χ3n) is 8.01. The molecule has 212 valence electrons. The van der Waals surface area contributed by atoms with Gasteiger partial charge in [0.25, 0.3) is 17.6 Å². The fourth-order valence-corrected chi connectivity index (χ4v) is 7.52. The first kappa shape index (κ1) is 28.0. The van der Waals surface area contributed by atoms with Gasteiger partial charge in [-0.2, -0.15) is 4.31 Å². The van der Waals surface area contributed by atoms with Gasteiger partial charge >= 0.3 is 0 Å². The van der Waals surface area contributed by atoms with Crippen molar-refractivity contribution in [1.82, 2.24) is 14.1 Å². The molecule has 5 rings (SSSR count). The van der Waals surface area contributed by atoms with Gasteiger partial charge in [0.1, 0.15) is 5.76 Å². The van der Waals surface area contributed by atoms with Gasteiger partial charge in [-0.05, 0) is 70.2 Å². The van der Waals surface area contributed by atoms with Crippen LogP contribution in [0.4, 0.5) is 5.69 Å². The zero-order chi connectivity index (χ0) is 28.8. The van der Waals surface area contributed by atoms with Crippen LogP contribution in [0.25, 0.3) is 5.76 Å². The number of para-hydroxylation sites is 1. The molecule has 40 heavy (non-hydrogen) atoms. The van der Waals surface area contributed by atoms with E-state index in [1.165, 1.54) is 38.4 Å². The Kier molecular flexibility index (Phi) is 7.32. The average Bonchev–Trinajstić information content (AvgIpc) is 3.31. The third kappa shape index (κ3) is 4.23. The highest BCUT2D eigenvalue weighted by Gasteiger charge is 2.66. The van der Waals surface area contributed by atoms with E-state index < -0.39 is 38.9 Å². The van der Waals surface area contributed by atoms with Gasteiger partial charge in [-0.15, -0.1) is 0 Å². The first-order valence-corrected chi connectivity index (χ1v) is 14.9. The normalized spacial score (nSPS) is 23.1. The van der Waals surface area contributed by atoms with Crippen LogP contribution in [0.1, 0.15) is 36.8 Å². The van der Waals surface area contributed by atoms with Crippen molar-refractivity contribution in [1.29, 1.82) is 0 Å². The Morgan fingerprint density at radius 1 is 0.975 bits per heavy atom. The van der Waals surface area contributed by atoms with Crippen LogP contribution in [0.3, 0.4) is 0 Å². The SMILES string of the molecule is CN(C)CCCN1C(=O)C(=O)C(=C(O)c2ccc(S(=O)(=O)N3CCCCC3)cc2)[C@@]12C(=O)N(C)c1ccccc12. The van der Waals surface area contributed by atoms with Crippen LogP contribution in [0.15, 0.2) is 59.0 Å². The third-order valence-corrected chi connectivity index (χ3v) is 9.92. The van der Waals surface area contributed by atoms with Crippen molar-refractivity contribution in [3.05, 3.63) is 65.2 Å². The van der Waals surface area contributed by atoms with Crippen LogP contribution < -0.4 is 4.90 Å². The summed E-state index contributed by atoms with van der Waals surface area (Å²) in [6, 6.07) is 12.5. The molecule has 0 radical (unpaired) electrons. The smallest absolute Gasteiger partial charge is 0.296 e. The number of aliphatic hydroxyl groups is 1. The summed E-state index contributed by atoms with van der Waals surface area (Å²) in [6.07, 6.45) is 3.10. The zero-order valence-corrected chi connectivity index (χ0v) is 23.8. The van der Waals surface area contributed by atoms with Crippen LogP contribution in [0, 0.1) is 0 Å². The maximum atomic E-state index is 14.0. The van der Waals surface area contributed by atoms with E-state index >= 15 is 0 Å². The molecule has 0 saturated carbocycles. The molecule has 2 fully saturated rings. The van der Waals surface area contributed by atoms with Crippen molar-refractivity contribution in [2.24, 2.45) is 0 Å². The summed E-state index contributed by atoms with van der Waals surface area (Å²) in [5.74, 6) is -2.84. The Balaban J connectivity index is 1.63. The predicted octanol–water partition coefficient (Wildman–Crippen LogP) is 2.37. The number of piperidine rings is 1. The van der Waals surface area contributed by atoms with E-state index in [4.69, 9.17) is 0 Å². The minimum Gasteiger partial charge on any atom is -0.507 e. The second kappa shape index (κ2) is 10.5. The quantitative estimate of drug-likeness (QED) is 0.311. The van der Waals surface area contributed by atoms with Gasteiger partial charge in [0, 0.05) is 43.5 Å². The van der Waals surface area contributed by atoms with E-state index in [1.54, 1.807) is 31.3 Å². The molecule has 1 spiro atoms. The maximum Gasteiger partial charge on any atom is 0.296 e. The molecule has 2 amide bonds. The first-order valence-electron chi connectivity index (χ1n) is 13.5. The number of amides is 2. The molecule has 2 aromatic carbocycles. The summed E-state index contributed by atoms with van der Waals surface area (Å²) in [7, 11) is 1.66. The van der Waals surface area contributed by atoms with Gasteiger partial charge in [0.2, 0.25) is 10.0 Å². The lowest BCUT2D eigenvalue weighted by atomic mass is 9.82. The van der Waals surface area contributed by atoms with E-state index in [9.17, 15) is 27.9 Å². The van der Waals surface area contributed by atoms with Crippen molar-refractivity contribution < 1.29 is 27.9 Å². The fraction of sp³-hybridized carbons (Fsp3) is 0.414. The number of likely N-dealkylation sites (N-methyl/N-ethyl adjacent to an activating group) is 1. The molecule has 3 aliphatic rings. The molecule has 11 heteroatoms. The van der Waals surface area contributed by atoms with E-state index in [0.29, 0.717) is 37.3 Å². The first-order chi connectivity index (χ1) is 19.0. The summed E-state index contributed by atoms with van der Waals surface area (Å²) in [5, 5.41) is 11.6. The van der Waals surface area contributed by atoms with Gasteiger partial charge in [0.15, 0.2) is 5.54 Å². The summed E-state index contributed by atoms with van der Waals surface area (Å²) in [4.78, 5) is 45.8. The highest BCUT2D eigenvalue weighted by atomic mass is 32.2. The number of Topliss-reactive ketones (excluding diaryl/α,β-unsaturated/α-hetero) is 1. The lowest BCUT2D eigenvalue weighted by Crippen LogP contribution is -2.51. The van der Waals surface area contributed by atoms with Crippen molar-refractivity contribution >= 4 is 39.1 Å². The van der Waals surface area contributed by atoms with Crippen LogP contribution in [0.2, 0.25) is 0 Å². The number of carbonyl (C=O) groups excluding carboxylic acids is 3. The number of hydrogen-bond donors (Lipinski definition) is 1. The van der Waals surface area contributed by atoms with E-state index in [0.717, 1.165) is 19.3 Å². The van der Waals surface area contributed by atoms with E-state index in [-0.39, 0.29) is 22.6 Å². The number of fused-ring (bicyclic) bond motifs is 2. The Hall–Kier alpha value is -3.54. The average molecular weight is 567 g/mol. The number of benzene rings is 2. The Labute approximate surface area is 234 Å². The summed E-state index contributed by atoms with van der Waals surface area (Å²) < 4.78 is 27.7. The van der Waals surface area contributed by atoms with Gasteiger partial charge in [0.05, 0.1) is 10.5 Å². The number of hydrogen-bond acceptors (Lipinski definition) is 7. The van der Waals surface area contributed by atoms with Gasteiger partial charge in [-0.25, -0.2) is 8.42 Å². The standard InChI is InChI=1S/C29H34N4O6S/c1-30(2)16-9-19-33-27(36)26(35)24(29(33)22-10-5-6-11-23(22)31(3)28(29)37)25(34)20-12-14-21(15-13-20)40(38,39)32-17-7-4-8-18-32/h5-6,10-15,34H,4,7-9,16-19H2,1-3H3/t29-/m0/s1. The Bertz CT molecular complexity index is 1490. The molecule has 0 bridgehead atoms. The highest BCUT2D eigenvalue weighted by Crippen LogP contribution is 2.53. The van der Waals surface area contributed by atoms with Crippen LogP contribution in [0.5, 0.6) is 0 Å². The number of ketones is 1. The minimum absolute atomic E-state index is 0.0758. The maximum absolute atomic E-state index is 14.0. The second-order valence-corrected chi connectivity index (χ2v) is 12.7. The monoisotopic (exact) mass is 566 g/mol. The number of anilines is 1. The van der Waals surface area contributed by atoms with Crippen LogP contribution >= 0.6 is 0 Å². The molecule has 1 atom stereocenters. The molecule has 2 saturated heterocycles. The summed E-state index contributed by atoms with van der Waals surface area (Å²) in [6.45, 7) is 1.66. The Morgan fingerprint density at radius 3 is 2.27 bits per heavy atom. The zero-order valence-electron chi connectivity index (χ0n) is 23.0. The van der Waals surface area contributed by atoms with Crippen molar-refractivity contribution in [2.75, 3.05) is 52.2 Å². The van der Waals surface area contributed by atoms with Crippen molar-refractivity contribution in [2.45, 2.75) is 36.1 Å². The largest absolute Gasteiger partial charge is 0.507 e. The Morgan fingerprint density at radius 2 is 1.62 bits per heavy atom. The van der Waals surface area contributed by atoms with Gasteiger partial charge < -0.3 is 19.8 Å². The minimum atomic E-state index is -3.71. The molecule has 0 aromatic heterocycles. The van der Waals surface area contributed by atoms with Crippen LogP contribution in [-0.4, -0.2) is 92.5 Å². The van der Waals surface area contributed by atoms with Gasteiger partial charge in [-0.3, -0.25) is 14.4 Å². The van der Waals surface area contributed by atoms with E-state index in [1.807, 2.05) is 19.0 Å². The molecule has 0 unspecified atom stereocenters. The van der Waals surface area contributed by atoms with Crippen molar-refractivity contribution in [3.8, 4) is 0 Å². The molecule has 3 heterocycles. The predicted molar refractivity (Wildman–Crippen MR) is 150 cm³/mol. The lowest BCUT2D eigenvalue weighted by molar-refractivity contribution is -0.143. The number of rotatable bonds is 7. The number of aliphatic hydroxyl groups excluding tert-OH is 1. The lowest BCUT2D eigenvalue weighted by Gasteiger charge is -2.34. The number of carbonyl (C=O) groups is 3. The summed E-state index contributed by atoms with van der Waals surface area (Å²) >= 11 is 0. The highest BCUT2D eigenvalue weighted by molar-refractivity contribution is 7.89. The molecule has 3 aliphatic heterocycles. The number of sulfonamides is 1. The van der Waals surface area contributed by atoms with Gasteiger partial charge in [-0.1, -0.05) is 24.6 Å². The molecule has 10 nitrogen and oxygen atoms in total. The molecule has 2 aromatic rings. The molecule has 1 N–H and O–H groups in total. The number of nitrogens with zero attached hydrogens (tertiary/aromatic N) is 4. The molecule has 0 aliphatic carbocycles. The second-order valence-electron chi connectivity index (χ2n) is 10.7. The molecular formula is C29H34N4O6S. The number of likely N-dealkylation sites (tertiary alicyclic amines) is 1. The van der Waals surface area contributed by atoms with Crippen molar-refractivity contribution in [3.63, 3.8) is 0 Å².